The number of benzene rings is 3. The first-order valence-corrected chi connectivity index (χ1v) is 11.8. The second-order valence-electron chi connectivity index (χ2n) is 8.42. The Balaban J connectivity index is 1.35. The largest absolute Gasteiger partial charge is 0.497 e. The van der Waals surface area contributed by atoms with Gasteiger partial charge in [0.1, 0.15) is 5.75 Å². The number of ether oxygens (including phenoxy) is 1. The van der Waals surface area contributed by atoms with Crippen LogP contribution in [-0.4, -0.2) is 53.9 Å². The number of piperazine rings is 1. The van der Waals surface area contributed by atoms with Gasteiger partial charge in [0, 0.05) is 55.3 Å². The van der Waals surface area contributed by atoms with Crippen molar-refractivity contribution in [2.45, 2.75) is 0 Å². The number of methoxy groups -OCH3 is 1. The summed E-state index contributed by atoms with van der Waals surface area (Å²) in [6.45, 7) is 3.05. The van der Waals surface area contributed by atoms with Crippen molar-refractivity contribution >= 4 is 17.7 Å². The van der Waals surface area contributed by atoms with Crippen LogP contribution in [0, 0.1) is 0 Å². The predicted octanol–water partition coefficient (Wildman–Crippen LogP) is 4.91. The third-order valence-electron chi connectivity index (χ3n) is 6.24. The number of rotatable bonds is 6. The molecule has 1 amide bonds. The van der Waals surface area contributed by atoms with Gasteiger partial charge in [-0.25, -0.2) is 4.68 Å². The highest BCUT2D eigenvalue weighted by molar-refractivity contribution is 5.93. The Bertz CT molecular complexity index is 1290. The average molecular weight is 465 g/mol. The number of hydrogen-bond donors (Lipinski definition) is 0. The third-order valence-corrected chi connectivity index (χ3v) is 6.24. The lowest BCUT2D eigenvalue weighted by Crippen LogP contribution is -2.48. The van der Waals surface area contributed by atoms with Crippen molar-refractivity contribution in [3.8, 4) is 22.7 Å². The van der Waals surface area contributed by atoms with Crippen LogP contribution in [0.2, 0.25) is 0 Å². The molecule has 0 atom stereocenters. The summed E-state index contributed by atoms with van der Waals surface area (Å²) in [6, 6.07) is 28.1. The molecule has 0 spiro atoms. The van der Waals surface area contributed by atoms with Crippen molar-refractivity contribution in [1.29, 1.82) is 0 Å². The SMILES string of the molecule is COc1ccc(-c2nn(-c3ccccc3)cc2/C=C/C(=O)N2CCN(c3ccccc3)CC2)cc1. The van der Waals surface area contributed by atoms with Crippen LogP contribution in [0.4, 0.5) is 5.69 Å². The Kier molecular flexibility index (Phi) is 6.61. The quantitative estimate of drug-likeness (QED) is 0.381. The Morgan fingerprint density at radius 2 is 1.46 bits per heavy atom. The zero-order chi connectivity index (χ0) is 24.0. The van der Waals surface area contributed by atoms with Gasteiger partial charge < -0.3 is 14.5 Å². The van der Waals surface area contributed by atoms with Crippen molar-refractivity contribution in [1.82, 2.24) is 14.7 Å². The normalized spacial score (nSPS) is 13.9. The van der Waals surface area contributed by atoms with Crippen LogP contribution in [0.15, 0.2) is 97.2 Å². The summed E-state index contributed by atoms with van der Waals surface area (Å²) in [4.78, 5) is 17.2. The molecule has 1 aliphatic rings. The molecule has 1 aliphatic heterocycles. The van der Waals surface area contributed by atoms with Gasteiger partial charge in [-0.15, -0.1) is 0 Å². The van der Waals surface area contributed by atoms with E-state index in [1.807, 2.05) is 94.7 Å². The van der Waals surface area contributed by atoms with Crippen molar-refractivity contribution in [3.05, 3.63) is 103 Å². The molecule has 0 bridgehead atoms. The maximum absolute atomic E-state index is 13.0. The summed E-state index contributed by atoms with van der Waals surface area (Å²) in [5.74, 6) is 0.809. The highest BCUT2D eigenvalue weighted by Crippen LogP contribution is 2.27. The van der Waals surface area contributed by atoms with E-state index in [2.05, 4.69) is 17.0 Å². The van der Waals surface area contributed by atoms with Crippen LogP contribution in [0.25, 0.3) is 23.0 Å². The van der Waals surface area contributed by atoms with E-state index in [0.717, 1.165) is 41.3 Å². The molecule has 5 rings (SSSR count). The van der Waals surface area contributed by atoms with E-state index < -0.39 is 0 Å². The fraction of sp³-hybridized carbons (Fsp3) is 0.172. The predicted molar refractivity (Wildman–Crippen MR) is 140 cm³/mol. The monoisotopic (exact) mass is 464 g/mol. The van der Waals surface area contributed by atoms with Gasteiger partial charge in [-0.1, -0.05) is 36.4 Å². The molecule has 176 valence electrons. The van der Waals surface area contributed by atoms with Crippen LogP contribution < -0.4 is 9.64 Å². The second-order valence-corrected chi connectivity index (χ2v) is 8.42. The van der Waals surface area contributed by atoms with Crippen LogP contribution in [-0.2, 0) is 4.79 Å². The summed E-state index contributed by atoms with van der Waals surface area (Å²) in [6.07, 6.45) is 5.50. The Hall–Kier alpha value is -4.32. The third kappa shape index (κ3) is 5.11. The van der Waals surface area contributed by atoms with Gasteiger partial charge in [0.15, 0.2) is 0 Å². The molecule has 0 N–H and O–H groups in total. The highest BCUT2D eigenvalue weighted by atomic mass is 16.5. The van der Waals surface area contributed by atoms with Crippen molar-refractivity contribution in [3.63, 3.8) is 0 Å². The molecular weight excluding hydrogens is 436 g/mol. The van der Waals surface area contributed by atoms with Crippen LogP contribution >= 0.6 is 0 Å². The van der Waals surface area contributed by atoms with Crippen molar-refractivity contribution in [2.24, 2.45) is 0 Å². The highest BCUT2D eigenvalue weighted by Gasteiger charge is 2.20. The second kappa shape index (κ2) is 10.3. The minimum Gasteiger partial charge on any atom is -0.497 e. The van der Waals surface area contributed by atoms with Gasteiger partial charge in [-0.2, -0.15) is 5.10 Å². The maximum atomic E-state index is 13.0. The first-order chi connectivity index (χ1) is 17.2. The number of amides is 1. The Morgan fingerprint density at radius 3 is 2.09 bits per heavy atom. The van der Waals surface area contributed by atoms with Gasteiger partial charge in [0.2, 0.25) is 5.91 Å². The van der Waals surface area contributed by atoms with Crippen LogP contribution in [0.1, 0.15) is 5.56 Å². The van der Waals surface area contributed by atoms with Crippen LogP contribution in [0.5, 0.6) is 5.75 Å². The van der Waals surface area contributed by atoms with Gasteiger partial charge in [-0.3, -0.25) is 4.79 Å². The van der Waals surface area contributed by atoms with Crippen LogP contribution in [0.3, 0.4) is 0 Å². The molecule has 0 saturated carbocycles. The molecule has 1 aromatic heterocycles. The van der Waals surface area contributed by atoms with Gasteiger partial charge in [0.05, 0.1) is 18.5 Å². The summed E-state index contributed by atoms with van der Waals surface area (Å²) in [5.41, 5.74) is 4.83. The van der Waals surface area contributed by atoms with Gasteiger partial charge in [-0.05, 0) is 54.6 Å². The minimum absolute atomic E-state index is 0.0193. The molecule has 35 heavy (non-hydrogen) atoms. The molecular formula is C29H28N4O2. The van der Waals surface area contributed by atoms with Gasteiger partial charge >= 0.3 is 0 Å². The van der Waals surface area contributed by atoms with E-state index in [-0.39, 0.29) is 5.91 Å². The lowest BCUT2D eigenvalue weighted by Gasteiger charge is -2.35. The molecule has 3 aromatic carbocycles. The summed E-state index contributed by atoms with van der Waals surface area (Å²) in [7, 11) is 1.65. The number of anilines is 1. The number of para-hydroxylation sites is 2. The van der Waals surface area contributed by atoms with Gasteiger partial charge in [0.25, 0.3) is 0 Å². The first kappa shape index (κ1) is 22.5. The topological polar surface area (TPSA) is 50.6 Å². The molecule has 4 aromatic rings. The zero-order valence-corrected chi connectivity index (χ0v) is 19.7. The first-order valence-electron chi connectivity index (χ1n) is 11.8. The summed E-state index contributed by atoms with van der Waals surface area (Å²) < 4.78 is 7.15. The molecule has 6 heteroatoms. The minimum atomic E-state index is 0.0193. The van der Waals surface area contributed by atoms with Crippen molar-refractivity contribution in [2.75, 3.05) is 38.2 Å². The number of aromatic nitrogens is 2. The summed E-state index contributed by atoms with van der Waals surface area (Å²) in [5, 5.41) is 4.83. The maximum Gasteiger partial charge on any atom is 0.246 e. The standard InChI is InChI=1S/C29H28N4O2/c1-35-27-15-12-23(13-16-27)29-24(22-33(30-29)26-10-6-3-7-11-26)14-17-28(34)32-20-18-31(19-21-32)25-8-4-2-5-9-25/h2-17,22H,18-21H2,1H3/b17-14+. The van der Waals surface area contributed by atoms with E-state index in [0.29, 0.717) is 13.1 Å². The van der Waals surface area contributed by atoms with E-state index in [1.165, 1.54) is 5.69 Å². The lowest BCUT2D eigenvalue weighted by atomic mass is 10.1. The molecule has 0 aliphatic carbocycles. The van der Waals surface area contributed by atoms with E-state index >= 15 is 0 Å². The molecule has 6 nitrogen and oxygen atoms in total. The fourth-order valence-corrected chi connectivity index (χ4v) is 4.29. The average Bonchev–Trinajstić information content (AvgIpc) is 3.37. The number of carbonyl (C=O) groups is 1. The number of carbonyl (C=O) groups excluding carboxylic acids is 1. The Labute approximate surface area is 205 Å². The zero-order valence-electron chi connectivity index (χ0n) is 19.7. The number of nitrogens with zero attached hydrogens (tertiary/aromatic N) is 4. The van der Waals surface area contributed by atoms with E-state index in [4.69, 9.17) is 9.84 Å². The number of hydrogen-bond acceptors (Lipinski definition) is 4. The fourth-order valence-electron chi connectivity index (χ4n) is 4.29. The Morgan fingerprint density at radius 1 is 0.829 bits per heavy atom. The van der Waals surface area contributed by atoms with E-state index in [9.17, 15) is 4.79 Å². The molecule has 2 heterocycles. The molecule has 1 saturated heterocycles. The summed E-state index contributed by atoms with van der Waals surface area (Å²) >= 11 is 0. The van der Waals surface area contributed by atoms with E-state index in [1.54, 1.807) is 13.2 Å². The lowest BCUT2D eigenvalue weighted by molar-refractivity contribution is -0.126. The molecule has 0 radical (unpaired) electrons. The molecule has 1 fully saturated rings. The molecule has 0 unspecified atom stereocenters. The van der Waals surface area contributed by atoms with Crippen molar-refractivity contribution < 1.29 is 9.53 Å². The smallest absolute Gasteiger partial charge is 0.246 e.